The Bertz CT molecular complexity index is 476. The first-order chi connectivity index (χ1) is 8.10. The summed E-state index contributed by atoms with van der Waals surface area (Å²) >= 11 is 0. The van der Waals surface area contributed by atoms with Gasteiger partial charge >= 0.3 is 5.97 Å². The van der Waals surface area contributed by atoms with Crippen LogP contribution in [0.1, 0.15) is 20.7 Å². The molecule has 0 aromatic heterocycles. The number of nitrogens with one attached hydrogen (secondary N) is 2. The van der Waals surface area contributed by atoms with Crippen LogP contribution in [0, 0.1) is 0 Å². The minimum absolute atomic E-state index is 0. The van der Waals surface area contributed by atoms with Gasteiger partial charge < -0.3 is 15.8 Å². The summed E-state index contributed by atoms with van der Waals surface area (Å²) < 4.78 is 0. The number of nitrogens with zero attached hydrogens (tertiary/aromatic N) is 1. The molecule has 0 radical (unpaired) electrons. The van der Waals surface area contributed by atoms with Crippen LogP contribution >= 0.6 is 12.4 Å². The Morgan fingerprint density at radius 1 is 1.44 bits per heavy atom. The van der Waals surface area contributed by atoms with Crippen LogP contribution in [0.15, 0.2) is 23.2 Å². The van der Waals surface area contributed by atoms with Crippen molar-refractivity contribution in [2.24, 2.45) is 10.8 Å². The number of hydrazine groups is 1. The van der Waals surface area contributed by atoms with Gasteiger partial charge in [-0.05, 0) is 18.2 Å². The Kier molecular flexibility index (Phi) is 6.40. The predicted molar refractivity (Wildman–Crippen MR) is 69.5 cm³/mol. The number of hydrogen-bond acceptors (Lipinski definition) is 4. The van der Waals surface area contributed by atoms with Crippen LogP contribution in [0.4, 0.5) is 5.69 Å². The molecule has 8 heteroatoms. The Morgan fingerprint density at radius 3 is 2.61 bits per heavy atom. The van der Waals surface area contributed by atoms with Crippen molar-refractivity contribution in [1.82, 2.24) is 10.7 Å². The second kappa shape index (κ2) is 7.25. The normalized spacial score (nSPS) is 9.67. The molecule has 0 saturated carbocycles. The zero-order valence-corrected chi connectivity index (χ0v) is 10.3. The summed E-state index contributed by atoms with van der Waals surface area (Å²) in [5.74, 6) is 3.57. The van der Waals surface area contributed by atoms with E-state index in [0.29, 0.717) is 0 Å². The second-order valence-electron chi connectivity index (χ2n) is 3.04. The third-order valence-corrected chi connectivity index (χ3v) is 1.99. The van der Waals surface area contributed by atoms with Gasteiger partial charge in [0.2, 0.25) is 0 Å². The molecule has 0 aliphatic carbocycles. The molecule has 0 spiro atoms. The molecular formula is C10H13ClN4O3. The monoisotopic (exact) mass is 272 g/mol. The summed E-state index contributed by atoms with van der Waals surface area (Å²) in [6, 6.07) is 4.02. The number of aliphatic imine (C=N–C) groups is 1. The Labute approximate surface area is 109 Å². The third kappa shape index (κ3) is 3.72. The zero-order chi connectivity index (χ0) is 12.8. The molecule has 0 aliphatic heterocycles. The van der Waals surface area contributed by atoms with Crippen molar-refractivity contribution in [1.29, 1.82) is 0 Å². The van der Waals surface area contributed by atoms with Gasteiger partial charge in [-0.3, -0.25) is 4.79 Å². The summed E-state index contributed by atoms with van der Waals surface area (Å²) in [6.07, 6.45) is 1.16. The maximum absolute atomic E-state index is 11.5. The van der Waals surface area contributed by atoms with Crippen LogP contribution in [-0.4, -0.2) is 30.4 Å². The summed E-state index contributed by atoms with van der Waals surface area (Å²) in [7, 11) is 1.47. The van der Waals surface area contributed by atoms with E-state index in [-0.39, 0.29) is 35.1 Å². The molecule has 18 heavy (non-hydrogen) atoms. The molecule has 0 aliphatic rings. The van der Waals surface area contributed by atoms with Gasteiger partial charge in [-0.15, -0.1) is 12.4 Å². The molecule has 1 amide bonds. The van der Waals surface area contributed by atoms with Gasteiger partial charge in [0.05, 0.1) is 16.8 Å². The molecule has 7 nitrogen and oxygen atoms in total. The van der Waals surface area contributed by atoms with Crippen LogP contribution in [-0.2, 0) is 0 Å². The number of rotatable bonds is 4. The van der Waals surface area contributed by atoms with E-state index in [1.54, 1.807) is 0 Å². The summed E-state index contributed by atoms with van der Waals surface area (Å²) in [4.78, 5) is 26.1. The molecule has 0 heterocycles. The van der Waals surface area contributed by atoms with Gasteiger partial charge in [0, 0.05) is 7.05 Å². The first-order valence-electron chi connectivity index (χ1n) is 4.68. The molecule has 0 unspecified atom stereocenters. The lowest BCUT2D eigenvalue weighted by atomic mass is 10.1. The number of carbonyl (C=O) groups excluding carboxylic acids is 1. The van der Waals surface area contributed by atoms with Crippen LogP contribution in [0.2, 0.25) is 0 Å². The lowest BCUT2D eigenvalue weighted by Gasteiger charge is -2.05. The molecule has 0 fully saturated rings. The van der Waals surface area contributed by atoms with Crippen molar-refractivity contribution in [3.63, 3.8) is 0 Å². The number of hydrogen-bond donors (Lipinski definition) is 4. The van der Waals surface area contributed by atoms with E-state index in [4.69, 9.17) is 10.9 Å². The SMILES string of the molecule is CNC(=O)c1ccc(C(=O)O)cc1N=CNN.Cl. The molecule has 1 aromatic rings. The maximum atomic E-state index is 11.5. The van der Waals surface area contributed by atoms with Gasteiger partial charge in [0.1, 0.15) is 6.34 Å². The van der Waals surface area contributed by atoms with E-state index in [1.807, 2.05) is 0 Å². The van der Waals surface area contributed by atoms with Crippen molar-refractivity contribution in [3.8, 4) is 0 Å². The van der Waals surface area contributed by atoms with Crippen LogP contribution < -0.4 is 16.6 Å². The van der Waals surface area contributed by atoms with E-state index >= 15 is 0 Å². The number of benzene rings is 1. The van der Waals surface area contributed by atoms with E-state index in [2.05, 4.69) is 15.7 Å². The summed E-state index contributed by atoms with van der Waals surface area (Å²) in [5, 5.41) is 11.3. The number of carboxylic acid groups (broad SMARTS) is 1. The van der Waals surface area contributed by atoms with Crippen molar-refractivity contribution in [3.05, 3.63) is 29.3 Å². The molecule has 98 valence electrons. The molecule has 1 rings (SSSR count). The predicted octanol–water partition coefficient (Wildman–Crippen LogP) is 0.289. The van der Waals surface area contributed by atoms with Gasteiger partial charge in [-0.25, -0.2) is 15.6 Å². The van der Waals surface area contributed by atoms with Gasteiger partial charge in [0.15, 0.2) is 0 Å². The maximum Gasteiger partial charge on any atom is 0.335 e. The van der Waals surface area contributed by atoms with Crippen LogP contribution in [0.3, 0.4) is 0 Å². The second-order valence-corrected chi connectivity index (χ2v) is 3.04. The summed E-state index contributed by atoms with van der Waals surface area (Å²) in [5.41, 5.74) is 2.71. The highest BCUT2D eigenvalue weighted by molar-refractivity contribution is 6.01. The van der Waals surface area contributed by atoms with Gasteiger partial charge in [0.25, 0.3) is 5.91 Å². The highest BCUT2D eigenvalue weighted by atomic mass is 35.5. The zero-order valence-electron chi connectivity index (χ0n) is 9.51. The minimum Gasteiger partial charge on any atom is -0.478 e. The number of nitrogens with two attached hydrogens (primary N) is 1. The van der Waals surface area contributed by atoms with Gasteiger partial charge in [-0.1, -0.05) is 0 Å². The third-order valence-electron chi connectivity index (χ3n) is 1.99. The smallest absolute Gasteiger partial charge is 0.335 e. The topological polar surface area (TPSA) is 117 Å². The molecular weight excluding hydrogens is 260 g/mol. The van der Waals surface area contributed by atoms with E-state index in [0.717, 1.165) is 6.34 Å². The van der Waals surface area contributed by atoms with E-state index < -0.39 is 5.97 Å². The highest BCUT2D eigenvalue weighted by Gasteiger charge is 2.12. The first kappa shape index (κ1) is 15.9. The lowest BCUT2D eigenvalue weighted by Crippen LogP contribution is -2.20. The van der Waals surface area contributed by atoms with Crippen molar-refractivity contribution in [2.75, 3.05) is 7.05 Å². The fraction of sp³-hybridized carbons (Fsp3) is 0.100. The van der Waals surface area contributed by atoms with Gasteiger partial charge in [-0.2, -0.15) is 0 Å². The average molecular weight is 273 g/mol. The summed E-state index contributed by atoms with van der Waals surface area (Å²) in [6.45, 7) is 0. The quantitative estimate of drug-likeness (QED) is 0.272. The highest BCUT2D eigenvalue weighted by Crippen LogP contribution is 2.20. The lowest BCUT2D eigenvalue weighted by molar-refractivity contribution is 0.0696. The molecule has 0 bridgehead atoms. The number of amides is 1. The Hall–Kier alpha value is -2.12. The van der Waals surface area contributed by atoms with Crippen molar-refractivity contribution >= 4 is 36.3 Å². The van der Waals surface area contributed by atoms with E-state index in [1.165, 1.54) is 25.2 Å². The van der Waals surface area contributed by atoms with E-state index in [9.17, 15) is 9.59 Å². The average Bonchev–Trinajstić information content (AvgIpc) is 2.34. The first-order valence-corrected chi connectivity index (χ1v) is 4.68. The Balaban J connectivity index is 0.00000289. The van der Waals surface area contributed by atoms with Crippen molar-refractivity contribution in [2.45, 2.75) is 0 Å². The number of carboxylic acids is 1. The van der Waals surface area contributed by atoms with Crippen LogP contribution in [0.25, 0.3) is 0 Å². The fourth-order valence-corrected chi connectivity index (χ4v) is 1.20. The number of carbonyl (C=O) groups is 2. The largest absolute Gasteiger partial charge is 0.478 e. The molecule has 0 saturated heterocycles. The molecule has 1 aromatic carbocycles. The molecule has 5 N–H and O–H groups in total. The van der Waals surface area contributed by atoms with Crippen molar-refractivity contribution < 1.29 is 14.7 Å². The Morgan fingerprint density at radius 2 is 2.11 bits per heavy atom. The fourth-order valence-electron chi connectivity index (χ4n) is 1.20. The number of aromatic carboxylic acids is 1. The molecule has 0 atom stereocenters. The van der Waals surface area contributed by atoms with Crippen LogP contribution in [0.5, 0.6) is 0 Å². The minimum atomic E-state index is -1.09. The standard InChI is InChI=1S/C10H12N4O3.ClH/c1-12-9(15)7-3-2-6(10(16)17)4-8(7)13-5-14-11;/h2-5H,11H2,1H3,(H,12,15)(H,13,14)(H,16,17);1H. The number of halogens is 1.